The number of nitrogens with one attached hydrogen (secondary N) is 2. The van der Waals surface area contributed by atoms with Crippen LogP contribution >= 0.6 is 23.2 Å². The van der Waals surface area contributed by atoms with E-state index in [-0.39, 0.29) is 24.1 Å². The minimum atomic E-state index is -0.253. The SMILES string of the molecule is COc1nc(-c2cccc(-c3cccc(-c4cnc(CN[C@@H]5CC[C@H](O)C5)c(OC)n4)c3Cl)c2Cl)cnc1CCC[C@@H]1CCC(=O)N1. The highest BCUT2D eigenvalue weighted by Crippen LogP contribution is 2.42. The van der Waals surface area contributed by atoms with Gasteiger partial charge in [-0.1, -0.05) is 59.6 Å². The van der Waals surface area contributed by atoms with Crippen LogP contribution in [-0.2, 0) is 17.8 Å². The second kappa shape index (κ2) is 14.9. The molecular weight excluding hydrogens is 639 g/mol. The Balaban J connectivity index is 1.22. The van der Waals surface area contributed by atoms with E-state index in [1.54, 1.807) is 26.6 Å². The van der Waals surface area contributed by atoms with Crippen molar-refractivity contribution >= 4 is 29.1 Å². The molecule has 2 aromatic heterocycles. The van der Waals surface area contributed by atoms with Gasteiger partial charge >= 0.3 is 0 Å². The molecule has 6 rings (SSSR count). The zero-order valence-corrected chi connectivity index (χ0v) is 27.9. The van der Waals surface area contributed by atoms with E-state index in [4.69, 9.17) is 42.6 Å². The quantitative estimate of drug-likeness (QED) is 0.161. The summed E-state index contributed by atoms with van der Waals surface area (Å²) >= 11 is 14.1. The Kier molecular flexibility index (Phi) is 10.5. The number of nitrogens with zero attached hydrogens (tertiary/aromatic N) is 4. The number of carbonyl (C=O) groups is 1. The van der Waals surface area contributed by atoms with Gasteiger partial charge in [-0.3, -0.25) is 14.8 Å². The second-order valence-corrected chi connectivity index (χ2v) is 12.8. The zero-order chi connectivity index (χ0) is 32.9. The fourth-order valence-corrected chi connectivity index (χ4v) is 6.99. The topological polar surface area (TPSA) is 131 Å². The van der Waals surface area contributed by atoms with Crippen LogP contribution in [0.3, 0.4) is 0 Å². The van der Waals surface area contributed by atoms with Crippen molar-refractivity contribution < 1.29 is 19.4 Å². The van der Waals surface area contributed by atoms with Crippen molar-refractivity contribution in [3.05, 3.63) is 70.2 Å². The van der Waals surface area contributed by atoms with E-state index < -0.39 is 0 Å². The van der Waals surface area contributed by atoms with Gasteiger partial charge in [0, 0.05) is 47.3 Å². The van der Waals surface area contributed by atoms with E-state index in [2.05, 4.69) is 20.6 Å². The maximum absolute atomic E-state index is 11.5. The molecule has 1 saturated heterocycles. The number of rotatable bonds is 12. The molecule has 2 aliphatic rings. The monoisotopic (exact) mass is 676 g/mol. The third kappa shape index (κ3) is 7.51. The maximum Gasteiger partial charge on any atom is 0.237 e. The average molecular weight is 678 g/mol. The van der Waals surface area contributed by atoms with Gasteiger partial charge in [-0.15, -0.1) is 0 Å². The Morgan fingerprint density at radius 2 is 1.47 bits per heavy atom. The molecule has 0 unspecified atom stereocenters. The van der Waals surface area contributed by atoms with Gasteiger partial charge in [0.1, 0.15) is 11.4 Å². The summed E-state index contributed by atoms with van der Waals surface area (Å²) in [7, 11) is 3.15. The number of aryl methyl sites for hydroxylation is 1. The summed E-state index contributed by atoms with van der Waals surface area (Å²) < 4.78 is 11.2. The summed E-state index contributed by atoms with van der Waals surface area (Å²) in [5.41, 5.74) is 5.46. The van der Waals surface area contributed by atoms with Gasteiger partial charge in [0.2, 0.25) is 17.7 Å². The van der Waals surface area contributed by atoms with Crippen molar-refractivity contribution in [1.82, 2.24) is 30.6 Å². The lowest BCUT2D eigenvalue weighted by molar-refractivity contribution is -0.119. The van der Waals surface area contributed by atoms with Crippen molar-refractivity contribution in [1.29, 1.82) is 0 Å². The van der Waals surface area contributed by atoms with Crippen molar-refractivity contribution in [2.75, 3.05) is 14.2 Å². The van der Waals surface area contributed by atoms with Crippen molar-refractivity contribution in [3.63, 3.8) is 0 Å². The minimum absolute atomic E-state index is 0.123. The third-order valence-corrected chi connectivity index (χ3v) is 9.68. The molecule has 0 bridgehead atoms. The van der Waals surface area contributed by atoms with Crippen LogP contribution in [0.25, 0.3) is 33.6 Å². The van der Waals surface area contributed by atoms with E-state index >= 15 is 0 Å². The first-order valence-corrected chi connectivity index (χ1v) is 16.7. The molecule has 1 aliphatic heterocycles. The van der Waals surface area contributed by atoms with E-state index in [9.17, 15) is 9.90 Å². The van der Waals surface area contributed by atoms with Gasteiger partial charge in [-0.2, -0.15) is 0 Å². The predicted molar refractivity (Wildman–Crippen MR) is 182 cm³/mol. The molecular formula is C35H38Cl2N6O4. The number of hydrogen-bond donors (Lipinski definition) is 3. The Hall–Kier alpha value is -3.83. The summed E-state index contributed by atoms with van der Waals surface area (Å²) in [5.74, 6) is 0.986. The number of aliphatic hydroxyl groups excluding tert-OH is 1. The predicted octanol–water partition coefficient (Wildman–Crippen LogP) is 6.20. The van der Waals surface area contributed by atoms with Crippen LogP contribution < -0.4 is 20.1 Å². The molecule has 3 N–H and O–H groups in total. The van der Waals surface area contributed by atoms with E-state index in [1.165, 1.54) is 0 Å². The molecule has 1 aliphatic carbocycles. The third-order valence-electron chi connectivity index (χ3n) is 8.86. The molecule has 246 valence electrons. The first kappa shape index (κ1) is 33.1. The molecule has 2 fully saturated rings. The van der Waals surface area contributed by atoms with Crippen molar-refractivity contribution in [2.24, 2.45) is 0 Å². The summed E-state index contributed by atoms with van der Waals surface area (Å²) in [4.78, 5) is 30.3. The fourth-order valence-electron chi connectivity index (χ4n) is 6.34. The standard InChI is InChI=1S/C35H38Cl2N6O4/c1-46-34-27(11-3-6-20-13-15-31(45)41-20)39-17-28(42-34)25-9-4-7-23(32(25)36)24-8-5-10-26(33(24)37)29-18-40-30(35(43-29)47-2)19-38-21-12-14-22(44)16-21/h4-5,7-10,17-18,20-22,38,44H,3,6,11-16,19H2,1-2H3,(H,41,45)/t20-,21-,22+/m1/s1. The highest BCUT2D eigenvalue weighted by atomic mass is 35.5. The van der Waals surface area contributed by atoms with Crippen LogP contribution in [0.5, 0.6) is 11.8 Å². The van der Waals surface area contributed by atoms with Gasteiger partial charge in [-0.05, 0) is 44.9 Å². The minimum Gasteiger partial charge on any atom is -0.480 e. The molecule has 3 atom stereocenters. The lowest BCUT2D eigenvalue weighted by atomic mass is 9.98. The molecule has 47 heavy (non-hydrogen) atoms. The molecule has 4 aromatic rings. The normalized spacial score (nSPS) is 19.2. The number of halogens is 2. The molecule has 0 radical (unpaired) electrons. The first-order valence-electron chi connectivity index (χ1n) is 15.9. The van der Waals surface area contributed by atoms with Crippen LogP contribution in [-0.4, -0.2) is 63.4 Å². The summed E-state index contributed by atoms with van der Waals surface area (Å²) in [6.45, 7) is 0.485. The average Bonchev–Trinajstić information content (AvgIpc) is 3.71. The summed E-state index contributed by atoms with van der Waals surface area (Å²) in [6.07, 6.45) is 9.53. The molecule has 2 aromatic carbocycles. The van der Waals surface area contributed by atoms with Gasteiger partial charge in [0.05, 0.1) is 54.2 Å². The van der Waals surface area contributed by atoms with Crippen molar-refractivity contribution in [2.45, 2.75) is 76.1 Å². The Bertz CT molecular complexity index is 1760. The molecule has 10 nitrogen and oxygen atoms in total. The number of hydrogen-bond acceptors (Lipinski definition) is 9. The summed E-state index contributed by atoms with van der Waals surface area (Å²) in [6, 6.07) is 11.9. The fraction of sp³-hybridized carbons (Fsp3) is 0.400. The van der Waals surface area contributed by atoms with Crippen LogP contribution in [0.1, 0.15) is 56.3 Å². The molecule has 1 saturated carbocycles. The number of carbonyl (C=O) groups excluding carboxylic acids is 1. The second-order valence-electron chi connectivity index (χ2n) is 12.0. The van der Waals surface area contributed by atoms with E-state index in [0.717, 1.165) is 55.3 Å². The molecule has 3 heterocycles. The zero-order valence-electron chi connectivity index (χ0n) is 26.4. The lowest BCUT2D eigenvalue weighted by Crippen LogP contribution is -2.27. The summed E-state index contributed by atoms with van der Waals surface area (Å²) in [5, 5.41) is 17.3. The Labute approximate surface area is 284 Å². The van der Waals surface area contributed by atoms with Crippen molar-refractivity contribution in [3.8, 4) is 45.4 Å². The van der Waals surface area contributed by atoms with Crippen LogP contribution in [0.2, 0.25) is 10.0 Å². The van der Waals surface area contributed by atoms with Crippen LogP contribution in [0.15, 0.2) is 48.8 Å². The highest BCUT2D eigenvalue weighted by molar-refractivity contribution is 6.39. The smallest absolute Gasteiger partial charge is 0.237 e. The number of methoxy groups -OCH3 is 2. The van der Waals surface area contributed by atoms with E-state index in [0.29, 0.717) is 69.4 Å². The lowest BCUT2D eigenvalue weighted by Gasteiger charge is -2.16. The Morgan fingerprint density at radius 1 is 0.872 bits per heavy atom. The number of ether oxygens (including phenoxy) is 2. The number of amides is 1. The molecule has 1 amide bonds. The van der Waals surface area contributed by atoms with Gasteiger partial charge in [0.15, 0.2) is 0 Å². The molecule has 0 spiro atoms. The van der Waals surface area contributed by atoms with Crippen LogP contribution in [0.4, 0.5) is 0 Å². The van der Waals surface area contributed by atoms with Gasteiger partial charge in [0.25, 0.3) is 0 Å². The number of aliphatic hydroxyl groups is 1. The van der Waals surface area contributed by atoms with Gasteiger partial charge < -0.3 is 25.2 Å². The van der Waals surface area contributed by atoms with E-state index in [1.807, 2.05) is 36.4 Å². The molecule has 12 heteroatoms. The number of benzene rings is 2. The largest absolute Gasteiger partial charge is 0.480 e. The maximum atomic E-state index is 11.5. The van der Waals surface area contributed by atoms with Crippen LogP contribution in [0, 0.1) is 0 Å². The van der Waals surface area contributed by atoms with Gasteiger partial charge in [-0.25, -0.2) is 9.97 Å². The number of aromatic nitrogens is 4. The Morgan fingerprint density at radius 3 is 2.02 bits per heavy atom. The highest BCUT2D eigenvalue weighted by Gasteiger charge is 2.24. The first-order chi connectivity index (χ1) is 22.8.